The molecule has 0 aromatic heterocycles. The van der Waals surface area contributed by atoms with E-state index in [0.717, 1.165) is 0 Å². The minimum Gasteiger partial charge on any atom is -0.462 e. The molecule has 1 aliphatic carbocycles. The second-order valence-corrected chi connectivity index (χ2v) is 9.59. The maximum atomic E-state index is 12.2. The van der Waals surface area contributed by atoms with Crippen LogP contribution in [-0.2, 0) is 9.47 Å². The normalized spacial score (nSPS) is 19.5. The number of ether oxygens (including phenoxy) is 2. The molecule has 10 heteroatoms. The Morgan fingerprint density at radius 1 is 0.690 bits per heavy atom. The third-order valence-corrected chi connectivity index (χ3v) is 6.34. The van der Waals surface area contributed by atoms with Gasteiger partial charge in [0.25, 0.3) is 0 Å². The largest absolute Gasteiger partial charge is 0.462 e. The molecule has 0 bridgehead atoms. The molecule has 1 fully saturated rings. The molecule has 1 saturated carbocycles. The molecule has 154 valence electrons. The van der Waals surface area contributed by atoms with Gasteiger partial charge in [-0.2, -0.15) is 0 Å². The molecule has 2 atom stereocenters. The summed E-state index contributed by atoms with van der Waals surface area (Å²) in [5.41, 5.74) is 0.414. The zero-order valence-corrected chi connectivity index (χ0v) is 19.0. The first-order valence-corrected chi connectivity index (χ1v) is 10.5. The van der Waals surface area contributed by atoms with Crippen molar-refractivity contribution < 1.29 is 19.1 Å². The highest BCUT2D eigenvalue weighted by atomic mass is 35.5. The Balaban J connectivity index is 1.54. The van der Waals surface area contributed by atoms with Crippen molar-refractivity contribution in [3.63, 3.8) is 0 Å². The molecule has 0 amide bonds. The molecule has 2 aromatic carbocycles. The fourth-order valence-electron chi connectivity index (χ4n) is 2.76. The molecule has 4 nitrogen and oxygen atoms in total. The van der Waals surface area contributed by atoms with Crippen molar-refractivity contribution in [3.05, 3.63) is 67.6 Å². The van der Waals surface area contributed by atoms with E-state index in [1.165, 1.54) is 36.4 Å². The van der Waals surface area contributed by atoms with Crippen molar-refractivity contribution in [1.82, 2.24) is 0 Å². The van der Waals surface area contributed by atoms with Crippen LogP contribution in [0.3, 0.4) is 0 Å². The Hall–Kier alpha value is -0.880. The smallest absolute Gasteiger partial charge is 0.338 e. The van der Waals surface area contributed by atoms with Crippen LogP contribution in [0.1, 0.15) is 20.7 Å². The molecule has 0 aliphatic heterocycles. The van der Waals surface area contributed by atoms with Crippen molar-refractivity contribution >= 4 is 81.5 Å². The average Bonchev–Trinajstić information content (AvgIpc) is 3.14. The molecule has 0 unspecified atom stereocenters. The van der Waals surface area contributed by atoms with E-state index in [1.54, 1.807) is 0 Å². The van der Waals surface area contributed by atoms with Crippen LogP contribution >= 0.6 is 69.6 Å². The lowest BCUT2D eigenvalue weighted by atomic mass is 10.2. The first kappa shape index (κ1) is 22.8. The van der Waals surface area contributed by atoms with Crippen LogP contribution < -0.4 is 0 Å². The topological polar surface area (TPSA) is 52.6 Å². The summed E-state index contributed by atoms with van der Waals surface area (Å²) >= 11 is 36.0. The van der Waals surface area contributed by atoms with Crippen LogP contribution in [0.4, 0.5) is 0 Å². The van der Waals surface area contributed by atoms with Gasteiger partial charge in [0.15, 0.2) is 0 Å². The third-order valence-electron chi connectivity index (χ3n) is 4.35. The van der Waals surface area contributed by atoms with Crippen LogP contribution in [0.5, 0.6) is 0 Å². The first-order valence-electron chi connectivity index (χ1n) is 8.22. The van der Waals surface area contributed by atoms with E-state index >= 15 is 0 Å². The van der Waals surface area contributed by atoms with E-state index in [-0.39, 0.29) is 24.3 Å². The van der Waals surface area contributed by atoms with Gasteiger partial charge in [0.05, 0.1) is 24.3 Å². The Morgan fingerprint density at radius 2 is 1.00 bits per heavy atom. The quantitative estimate of drug-likeness (QED) is 0.315. The highest BCUT2D eigenvalue weighted by Gasteiger charge is 2.64. The van der Waals surface area contributed by atoms with Gasteiger partial charge >= 0.3 is 11.9 Å². The number of benzene rings is 2. The van der Waals surface area contributed by atoms with Gasteiger partial charge in [0.1, 0.15) is 4.33 Å². The number of carbonyl (C=O) groups is 2. The molecule has 2 aromatic rings. The molecule has 1 aliphatic rings. The van der Waals surface area contributed by atoms with Crippen molar-refractivity contribution in [1.29, 1.82) is 0 Å². The van der Waals surface area contributed by atoms with Crippen LogP contribution in [0.2, 0.25) is 20.1 Å². The Morgan fingerprint density at radius 3 is 1.31 bits per heavy atom. The van der Waals surface area contributed by atoms with E-state index in [2.05, 4.69) is 0 Å². The predicted octanol–water partition coefficient (Wildman–Crippen LogP) is 6.73. The number of hydrogen-bond donors (Lipinski definition) is 0. The molecular weight excluding hydrogens is 505 g/mol. The summed E-state index contributed by atoms with van der Waals surface area (Å²) in [6.07, 6.45) is 0. The highest BCUT2D eigenvalue weighted by Crippen LogP contribution is 2.59. The van der Waals surface area contributed by atoms with Gasteiger partial charge in [-0.05, 0) is 36.4 Å². The SMILES string of the molecule is O=C(OC[C@@H]1[C@H](COC(=O)c2cc(Cl)cc(Cl)c2)C1(Cl)Cl)c1cc(Cl)cc(Cl)c1. The number of halogens is 6. The van der Waals surface area contributed by atoms with Gasteiger partial charge in [-0.25, -0.2) is 9.59 Å². The fourth-order valence-corrected chi connectivity index (χ4v) is 4.54. The average molecular weight is 517 g/mol. The maximum absolute atomic E-state index is 12.2. The minimum absolute atomic E-state index is 0.0544. The molecule has 3 rings (SSSR count). The van der Waals surface area contributed by atoms with Crippen LogP contribution in [0.25, 0.3) is 0 Å². The Kier molecular flexibility index (Phi) is 7.14. The zero-order valence-electron chi connectivity index (χ0n) is 14.4. The number of esters is 2. The lowest BCUT2D eigenvalue weighted by Crippen LogP contribution is -2.11. The van der Waals surface area contributed by atoms with Gasteiger partial charge in [-0.1, -0.05) is 46.4 Å². The van der Waals surface area contributed by atoms with E-state index in [1.807, 2.05) is 0 Å². The molecule has 0 heterocycles. The third kappa shape index (κ3) is 5.63. The summed E-state index contributed by atoms with van der Waals surface area (Å²) in [5, 5.41) is 1.24. The summed E-state index contributed by atoms with van der Waals surface area (Å²) in [6, 6.07) is 8.75. The van der Waals surface area contributed by atoms with Crippen molar-refractivity contribution in [3.8, 4) is 0 Å². The fraction of sp³-hybridized carbons (Fsp3) is 0.263. The molecule has 0 radical (unpaired) electrons. The monoisotopic (exact) mass is 514 g/mol. The van der Waals surface area contributed by atoms with Crippen molar-refractivity contribution in [2.75, 3.05) is 13.2 Å². The minimum atomic E-state index is -1.18. The maximum Gasteiger partial charge on any atom is 0.338 e. The summed E-state index contributed by atoms with van der Waals surface area (Å²) in [6.45, 7) is -0.109. The van der Waals surface area contributed by atoms with Crippen LogP contribution in [-0.4, -0.2) is 29.5 Å². The molecule has 0 spiro atoms. The molecule has 0 saturated heterocycles. The van der Waals surface area contributed by atoms with Crippen molar-refractivity contribution in [2.24, 2.45) is 11.8 Å². The van der Waals surface area contributed by atoms with Gasteiger partial charge < -0.3 is 9.47 Å². The summed E-state index contributed by atoms with van der Waals surface area (Å²) in [4.78, 5) is 24.4. The van der Waals surface area contributed by atoms with Gasteiger partial charge in [0.2, 0.25) is 0 Å². The van der Waals surface area contributed by atoms with E-state index in [4.69, 9.17) is 79.1 Å². The van der Waals surface area contributed by atoms with Gasteiger partial charge in [-0.3, -0.25) is 0 Å². The van der Waals surface area contributed by atoms with Crippen LogP contribution in [0.15, 0.2) is 36.4 Å². The van der Waals surface area contributed by atoms with E-state index < -0.39 is 28.1 Å². The highest BCUT2D eigenvalue weighted by molar-refractivity contribution is 6.51. The first-order chi connectivity index (χ1) is 13.6. The zero-order chi connectivity index (χ0) is 21.3. The number of hydrogen-bond acceptors (Lipinski definition) is 4. The predicted molar refractivity (Wildman–Crippen MR) is 115 cm³/mol. The Bertz CT molecular complexity index is 846. The summed E-state index contributed by atoms with van der Waals surface area (Å²) < 4.78 is 9.32. The van der Waals surface area contributed by atoms with Crippen molar-refractivity contribution in [2.45, 2.75) is 4.33 Å². The summed E-state index contributed by atoms with van der Waals surface area (Å²) in [7, 11) is 0. The molecule has 0 N–H and O–H groups in total. The lowest BCUT2D eigenvalue weighted by Gasteiger charge is -2.06. The second-order valence-electron chi connectivity index (χ2n) is 6.40. The standard InChI is InChI=1S/C19H12Cl6O4/c20-11-1-9(2-12(21)5-11)17(26)28-7-15-16(19(15,24)25)8-29-18(27)10-3-13(22)6-14(23)4-10/h1-6,15-16H,7-8H2/t15-,16+. The second kappa shape index (κ2) is 9.09. The van der Waals surface area contributed by atoms with Gasteiger partial charge in [-0.15, -0.1) is 23.2 Å². The lowest BCUT2D eigenvalue weighted by molar-refractivity contribution is 0.0419. The number of rotatable bonds is 6. The Labute approximate surface area is 196 Å². The molecular formula is C19H12Cl6O4. The number of alkyl halides is 2. The number of carbonyl (C=O) groups excluding carboxylic acids is 2. The van der Waals surface area contributed by atoms with Crippen LogP contribution in [0, 0.1) is 11.8 Å². The van der Waals surface area contributed by atoms with Gasteiger partial charge in [0, 0.05) is 31.9 Å². The summed E-state index contributed by atoms with van der Waals surface area (Å²) in [5.74, 6) is -2.04. The van der Waals surface area contributed by atoms with E-state index in [9.17, 15) is 9.59 Å². The molecule has 29 heavy (non-hydrogen) atoms. The van der Waals surface area contributed by atoms with E-state index in [0.29, 0.717) is 20.1 Å².